The molecule has 6 heteroatoms. The van der Waals surface area contributed by atoms with Crippen LogP contribution in [0.1, 0.15) is 89.0 Å². The summed E-state index contributed by atoms with van der Waals surface area (Å²) in [4.78, 5) is 13.7. The van der Waals surface area contributed by atoms with Gasteiger partial charge in [0.2, 0.25) is 0 Å². The van der Waals surface area contributed by atoms with E-state index in [1.807, 2.05) is 0 Å². The van der Waals surface area contributed by atoms with E-state index in [-0.39, 0.29) is 4.90 Å². The number of nitrogens with zero attached hydrogens (tertiary/aromatic N) is 1. The van der Waals surface area contributed by atoms with Crippen molar-refractivity contribution in [2.45, 2.75) is 64.9 Å². The number of carbonyl (C=O) groups is 1. The van der Waals surface area contributed by atoms with E-state index in [0.29, 0.717) is 12.1 Å². The zero-order chi connectivity index (χ0) is 41.9. The second-order valence-electron chi connectivity index (χ2n) is 7.08. The van der Waals surface area contributed by atoms with Gasteiger partial charge in [-0.3, -0.25) is 9.69 Å². The average Bonchev–Trinajstić information content (AvgIpc) is 2.89. The standard InChI is InChI=1S/C24H38N2O4/c1-14(2)9-17-13-26-8-7-16-10-21(28-5)22(29-6)11-18(16)19(26)12-20(17)30-24(27)23(25)15(3)4/h10-11,14-15,17,19-20,23H,7-9,12-13,25H2,1-6H3/t17?,19?,20?,23-/m0/s1/i3D3,4D3,5D3,6D3,7D2,8D2,12D2,13D2,15D,17D,23D. The molecule has 30 heavy (non-hydrogen) atoms. The van der Waals surface area contributed by atoms with Crippen LogP contribution in [0.4, 0.5) is 0 Å². The molecule has 0 aliphatic carbocycles. The fourth-order valence-electron chi connectivity index (χ4n) is 3.08. The zero-order valence-corrected chi connectivity index (χ0v) is 16.3. The second-order valence-corrected chi connectivity index (χ2v) is 7.08. The van der Waals surface area contributed by atoms with Gasteiger partial charge in [-0.2, -0.15) is 0 Å². The maximum atomic E-state index is 13.7. The first kappa shape index (κ1) is 7.38. The first-order chi connectivity index (χ1) is 23.1. The molecule has 168 valence electrons. The third kappa shape index (κ3) is 4.75. The number of aryl methyl sites for hydroxylation is 1. The van der Waals surface area contributed by atoms with Crippen molar-refractivity contribution in [3.63, 3.8) is 0 Å². The number of piperidine rings is 1. The summed E-state index contributed by atoms with van der Waals surface area (Å²) in [5.41, 5.74) is 3.93. The van der Waals surface area contributed by atoms with Crippen LogP contribution in [0, 0.1) is 17.7 Å². The van der Waals surface area contributed by atoms with Gasteiger partial charge in [0.05, 0.1) is 23.7 Å². The minimum absolute atomic E-state index is 0.00149. The van der Waals surface area contributed by atoms with Gasteiger partial charge in [0.1, 0.15) is 12.1 Å². The van der Waals surface area contributed by atoms with E-state index in [1.54, 1.807) is 0 Å². The van der Waals surface area contributed by atoms with Gasteiger partial charge in [-0.15, -0.1) is 0 Å². The minimum Gasteiger partial charge on any atom is -0.493 e. The number of nitrogens with two attached hydrogens (primary N) is 1. The maximum absolute atomic E-state index is 13.7. The molecule has 2 aliphatic heterocycles. The minimum atomic E-state index is -4.18. The van der Waals surface area contributed by atoms with E-state index in [2.05, 4.69) is 0 Å². The van der Waals surface area contributed by atoms with Crippen molar-refractivity contribution in [2.24, 2.45) is 23.4 Å². The van der Waals surface area contributed by atoms with Gasteiger partial charge in [-0.05, 0) is 47.9 Å². The first-order valence-corrected chi connectivity index (χ1v) is 8.93. The molecule has 0 bridgehead atoms. The highest BCUT2D eigenvalue weighted by Crippen LogP contribution is 2.44. The summed E-state index contributed by atoms with van der Waals surface area (Å²) in [6.07, 6.45) is -10.7. The molecule has 6 nitrogen and oxygen atoms in total. The van der Waals surface area contributed by atoms with Crippen LogP contribution in [0.25, 0.3) is 0 Å². The fourth-order valence-corrected chi connectivity index (χ4v) is 3.08. The quantitative estimate of drug-likeness (QED) is 0.652. The first-order valence-electron chi connectivity index (χ1n) is 20.4. The van der Waals surface area contributed by atoms with Crippen molar-refractivity contribution in [3.8, 4) is 11.5 Å². The number of esters is 1. The lowest BCUT2D eigenvalue weighted by Crippen LogP contribution is -2.51. The largest absolute Gasteiger partial charge is 0.493 e. The van der Waals surface area contributed by atoms with Gasteiger partial charge in [0, 0.05) is 53.2 Å². The number of fused-ring (bicyclic) bond motifs is 3. The molecule has 0 amide bonds. The van der Waals surface area contributed by atoms with E-state index in [0.717, 1.165) is 0 Å². The monoisotopic (exact) mass is 441 g/mol. The molecule has 1 aromatic carbocycles. The van der Waals surface area contributed by atoms with E-state index in [1.165, 1.54) is 13.8 Å². The van der Waals surface area contributed by atoms with Crippen molar-refractivity contribution < 1.29 is 50.5 Å². The van der Waals surface area contributed by atoms with Crippen LogP contribution in [0.5, 0.6) is 11.5 Å². The van der Waals surface area contributed by atoms with E-state index >= 15 is 0 Å². The maximum Gasteiger partial charge on any atom is 0.323 e. The van der Waals surface area contributed by atoms with Crippen LogP contribution < -0.4 is 15.2 Å². The molecular formula is C24H38N2O4. The molecule has 0 spiro atoms. The number of benzene rings is 1. The van der Waals surface area contributed by atoms with E-state index in [4.69, 9.17) is 44.6 Å². The lowest BCUT2D eigenvalue weighted by molar-refractivity contribution is -0.160. The van der Waals surface area contributed by atoms with E-state index < -0.39 is 124 Å². The molecule has 2 heterocycles. The Morgan fingerprint density at radius 2 is 2.10 bits per heavy atom. The topological polar surface area (TPSA) is 74.0 Å². The van der Waals surface area contributed by atoms with Gasteiger partial charge in [0.15, 0.2) is 11.5 Å². The highest BCUT2D eigenvalue weighted by molar-refractivity contribution is 5.76. The van der Waals surface area contributed by atoms with Crippen LogP contribution in [-0.4, -0.2) is 50.1 Å². The third-order valence-electron chi connectivity index (χ3n) is 4.43. The third-order valence-corrected chi connectivity index (χ3v) is 4.43. The molecule has 3 rings (SSSR count). The van der Waals surface area contributed by atoms with Crippen molar-refractivity contribution in [1.82, 2.24) is 4.90 Å². The summed E-state index contributed by atoms with van der Waals surface area (Å²) in [5, 5.41) is 0. The molecular weight excluding hydrogens is 380 g/mol. The van der Waals surface area contributed by atoms with Crippen LogP contribution in [0.2, 0.25) is 0 Å². The Hall–Kier alpha value is -1.79. The molecule has 2 N–H and O–H groups in total. The summed E-state index contributed by atoms with van der Waals surface area (Å²) in [5.74, 6) is -12.6. The van der Waals surface area contributed by atoms with Crippen molar-refractivity contribution >= 4 is 5.97 Å². The summed E-state index contributed by atoms with van der Waals surface area (Å²) >= 11 is 0. The van der Waals surface area contributed by atoms with Gasteiger partial charge < -0.3 is 19.9 Å². The number of methoxy groups -OCH3 is 2. The van der Waals surface area contributed by atoms with Crippen molar-refractivity contribution in [1.29, 1.82) is 0 Å². The molecule has 1 saturated heterocycles. The number of ether oxygens (including phenoxy) is 3. The van der Waals surface area contributed by atoms with Crippen LogP contribution in [-0.2, 0) is 15.9 Å². The predicted octanol–water partition coefficient (Wildman–Crippen LogP) is 3.56. The Bertz CT molecular complexity index is 1570. The van der Waals surface area contributed by atoms with Crippen LogP contribution >= 0.6 is 0 Å². The lowest BCUT2D eigenvalue weighted by atomic mass is 9.79. The highest BCUT2D eigenvalue weighted by Gasteiger charge is 2.41. The van der Waals surface area contributed by atoms with Crippen molar-refractivity contribution in [3.05, 3.63) is 23.3 Å². The van der Waals surface area contributed by atoms with Crippen molar-refractivity contribution in [2.75, 3.05) is 27.1 Å². The molecule has 0 radical (unpaired) electrons. The Balaban J connectivity index is 2.50. The summed E-state index contributed by atoms with van der Waals surface area (Å²) in [6.45, 7) is -12.6. The number of hydrogen-bond acceptors (Lipinski definition) is 6. The molecule has 4 atom stereocenters. The summed E-state index contributed by atoms with van der Waals surface area (Å²) in [7, 11) is -6.71. The zero-order valence-electron chi connectivity index (χ0n) is 39.3. The molecule has 0 saturated carbocycles. The Morgan fingerprint density at radius 3 is 2.77 bits per heavy atom. The van der Waals surface area contributed by atoms with Gasteiger partial charge in [-0.25, -0.2) is 0 Å². The highest BCUT2D eigenvalue weighted by atomic mass is 16.5. The summed E-state index contributed by atoms with van der Waals surface area (Å²) in [6, 6.07) is -5.60. The van der Waals surface area contributed by atoms with E-state index in [9.17, 15) is 11.6 Å². The normalized spacial score (nSPS) is 48.5. The number of carbonyl (C=O) groups excluding carboxylic acids is 1. The lowest BCUT2D eigenvalue weighted by Gasteiger charge is -2.47. The Morgan fingerprint density at radius 1 is 1.37 bits per heavy atom. The molecule has 3 unspecified atom stereocenters. The fraction of sp³-hybridized carbons (Fsp3) is 0.708. The average molecular weight is 442 g/mol. The molecule has 2 aliphatic rings. The number of hydrogen-bond donors (Lipinski definition) is 1. The van der Waals surface area contributed by atoms with Gasteiger partial charge in [-0.1, -0.05) is 27.6 Å². The second kappa shape index (κ2) is 9.56. The summed E-state index contributed by atoms with van der Waals surface area (Å²) < 4.78 is 205. The SMILES string of the molecule is [2H]C([2H])([2H])Oc1cc2c(cc1OC([2H])([2H])[2H])C([2H])([2H])C([2H])([2H])N1C2C([2H])([2H])C(OC(=O)[C@@]([2H])(N)C([2H])(C([2H])([2H])[2H])C([2H])([2H])[2H])C([2H])(CC(C)C)C1([2H])[2H]. The van der Waals surface area contributed by atoms with Crippen LogP contribution in [0.15, 0.2) is 12.1 Å². The van der Waals surface area contributed by atoms with Crippen LogP contribution in [0.3, 0.4) is 0 Å². The molecule has 1 fully saturated rings. The Labute approximate surface area is 213 Å². The smallest absolute Gasteiger partial charge is 0.323 e. The predicted molar refractivity (Wildman–Crippen MR) is 118 cm³/mol. The Kier molecular flexibility index (Phi) is 2.35. The number of rotatable bonds is 7. The molecule has 1 aromatic rings. The molecule has 0 aromatic heterocycles. The van der Waals surface area contributed by atoms with Gasteiger partial charge in [0.25, 0.3) is 0 Å². The van der Waals surface area contributed by atoms with Gasteiger partial charge >= 0.3 is 5.97 Å².